The minimum atomic E-state index is -0.512. The molecule has 0 spiro atoms. The van der Waals surface area contributed by atoms with Gasteiger partial charge in [0.2, 0.25) is 5.88 Å². The van der Waals surface area contributed by atoms with Crippen LogP contribution in [0.2, 0.25) is 0 Å². The Kier molecular flexibility index (Phi) is 6.36. The fraction of sp³-hybridized carbons (Fsp3) is 0.136. The lowest BCUT2D eigenvalue weighted by atomic mass is 10.1. The van der Waals surface area contributed by atoms with E-state index in [0.717, 1.165) is 11.3 Å². The van der Waals surface area contributed by atoms with Crippen molar-refractivity contribution in [2.75, 3.05) is 11.9 Å². The number of carbonyl (C=O) groups excluding carboxylic acids is 2. The first-order valence-electron chi connectivity index (χ1n) is 8.87. The van der Waals surface area contributed by atoms with Crippen molar-refractivity contribution in [1.82, 2.24) is 4.98 Å². The third-order valence-electron chi connectivity index (χ3n) is 3.89. The van der Waals surface area contributed by atoms with Gasteiger partial charge >= 0.3 is 5.97 Å². The van der Waals surface area contributed by atoms with Gasteiger partial charge in [0.15, 0.2) is 0 Å². The molecule has 2 aromatic carbocycles. The van der Waals surface area contributed by atoms with Gasteiger partial charge in [-0.05, 0) is 48.9 Å². The number of hydrogen-bond donors (Lipinski definition) is 1. The molecule has 28 heavy (non-hydrogen) atoms. The molecule has 0 aliphatic carbocycles. The van der Waals surface area contributed by atoms with Crippen molar-refractivity contribution in [3.05, 3.63) is 89.6 Å². The molecule has 142 valence electrons. The summed E-state index contributed by atoms with van der Waals surface area (Å²) in [6, 6.07) is 19.4. The SMILES string of the molecule is CCOc1ncccc1C(=O)OCc1ccc(C(=O)Nc2ccccc2)cc1. The van der Waals surface area contributed by atoms with Gasteiger partial charge in [0.25, 0.3) is 5.91 Å². The van der Waals surface area contributed by atoms with Crippen molar-refractivity contribution in [1.29, 1.82) is 0 Å². The molecule has 0 saturated carbocycles. The molecule has 0 aliphatic rings. The van der Waals surface area contributed by atoms with Crippen LogP contribution in [-0.4, -0.2) is 23.5 Å². The van der Waals surface area contributed by atoms with Crippen LogP contribution >= 0.6 is 0 Å². The van der Waals surface area contributed by atoms with E-state index in [1.54, 1.807) is 42.6 Å². The molecule has 1 aromatic heterocycles. The van der Waals surface area contributed by atoms with Crippen LogP contribution in [0.4, 0.5) is 5.69 Å². The van der Waals surface area contributed by atoms with Gasteiger partial charge in [-0.25, -0.2) is 9.78 Å². The van der Waals surface area contributed by atoms with Crippen LogP contribution in [0.5, 0.6) is 5.88 Å². The van der Waals surface area contributed by atoms with Crippen molar-refractivity contribution in [2.24, 2.45) is 0 Å². The number of carbonyl (C=O) groups is 2. The molecule has 0 unspecified atom stereocenters. The highest BCUT2D eigenvalue weighted by molar-refractivity contribution is 6.04. The lowest BCUT2D eigenvalue weighted by Gasteiger charge is -2.09. The lowest BCUT2D eigenvalue weighted by molar-refractivity contribution is 0.0467. The van der Waals surface area contributed by atoms with Crippen molar-refractivity contribution in [2.45, 2.75) is 13.5 Å². The number of pyridine rings is 1. The number of hydrogen-bond acceptors (Lipinski definition) is 5. The normalized spacial score (nSPS) is 10.2. The van der Waals surface area contributed by atoms with Gasteiger partial charge in [-0.2, -0.15) is 0 Å². The number of ether oxygens (including phenoxy) is 2. The van der Waals surface area contributed by atoms with Crippen LogP contribution in [0.1, 0.15) is 33.2 Å². The molecule has 0 radical (unpaired) electrons. The van der Waals surface area contributed by atoms with E-state index < -0.39 is 5.97 Å². The standard InChI is InChI=1S/C22H20N2O4/c1-2-27-21-19(9-6-14-23-21)22(26)28-15-16-10-12-17(13-11-16)20(25)24-18-7-4-3-5-8-18/h3-14H,2,15H2,1H3,(H,24,25). The Hall–Kier alpha value is -3.67. The van der Waals surface area contributed by atoms with Crippen molar-refractivity contribution < 1.29 is 19.1 Å². The zero-order valence-corrected chi connectivity index (χ0v) is 15.4. The number of nitrogens with one attached hydrogen (secondary N) is 1. The van der Waals surface area contributed by atoms with E-state index in [-0.39, 0.29) is 24.0 Å². The Morgan fingerprint density at radius 1 is 0.964 bits per heavy atom. The Balaban J connectivity index is 1.59. The monoisotopic (exact) mass is 376 g/mol. The Morgan fingerprint density at radius 2 is 1.71 bits per heavy atom. The summed E-state index contributed by atoms with van der Waals surface area (Å²) in [5.74, 6) is -0.461. The summed E-state index contributed by atoms with van der Waals surface area (Å²) in [6.45, 7) is 2.31. The van der Waals surface area contributed by atoms with E-state index in [1.807, 2.05) is 37.3 Å². The van der Waals surface area contributed by atoms with Crippen LogP contribution in [0.25, 0.3) is 0 Å². The maximum atomic E-state index is 12.3. The summed E-state index contributed by atoms with van der Waals surface area (Å²) in [6.07, 6.45) is 1.56. The predicted molar refractivity (Wildman–Crippen MR) is 105 cm³/mol. The van der Waals surface area contributed by atoms with E-state index in [2.05, 4.69) is 10.3 Å². The van der Waals surface area contributed by atoms with E-state index in [9.17, 15) is 9.59 Å². The Bertz CT molecular complexity index is 940. The average Bonchev–Trinajstić information content (AvgIpc) is 2.74. The fourth-order valence-corrected chi connectivity index (χ4v) is 2.50. The first-order chi connectivity index (χ1) is 13.7. The number of amides is 1. The largest absolute Gasteiger partial charge is 0.477 e. The molecule has 6 heteroatoms. The zero-order chi connectivity index (χ0) is 19.8. The molecule has 1 amide bonds. The van der Waals surface area contributed by atoms with Crippen LogP contribution in [-0.2, 0) is 11.3 Å². The fourth-order valence-electron chi connectivity index (χ4n) is 2.50. The smallest absolute Gasteiger partial charge is 0.343 e. The summed E-state index contributed by atoms with van der Waals surface area (Å²) in [5, 5.41) is 2.82. The maximum Gasteiger partial charge on any atom is 0.343 e. The second-order valence-electron chi connectivity index (χ2n) is 5.88. The average molecular weight is 376 g/mol. The zero-order valence-electron chi connectivity index (χ0n) is 15.4. The minimum absolute atomic E-state index is 0.0832. The van der Waals surface area contributed by atoms with Crippen molar-refractivity contribution in [3.8, 4) is 5.88 Å². The van der Waals surface area contributed by atoms with Crippen LogP contribution < -0.4 is 10.1 Å². The number of esters is 1. The van der Waals surface area contributed by atoms with Crippen molar-refractivity contribution >= 4 is 17.6 Å². The number of benzene rings is 2. The summed E-state index contributed by atoms with van der Waals surface area (Å²) in [7, 11) is 0. The van der Waals surface area contributed by atoms with E-state index in [1.165, 1.54) is 0 Å². The molecule has 0 atom stereocenters. The summed E-state index contributed by atoms with van der Waals surface area (Å²) < 4.78 is 10.7. The number of para-hydroxylation sites is 1. The van der Waals surface area contributed by atoms with Gasteiger partial charge in [0, 0.05) is 17.4 Å². The predicted octanol–water partition coefficient (Wildman–Crippen LogP) is 4.09. The molecular formula is C22H20N2O4. The van der Waals surface area contributed by atoms with Gasteiger partial charge in [-0.15, -0.1) is 0 Å². The number of nitrogens with zero attached hydrogens (tertiary/aromatic N) is 1. The third-order valence-corrected chi connectivity index (χ3v) is 3.89. The molecule has 6 nitrogen and oxygen atoms in total. The lowest BCUT2D eigenvalue weighted by Crippen LogP contribution is -2.12. The van der Waals surface area contributed by atoms with Gasteiger partial charge in [0.05, 0.1) is 6.61 Å². The number of aromatic nitrogens is 1. The molecule has 3 rings (SSSR count). The van der Waals surface area contributed by atoms with E-state index in [4.69, 9.17) is 9.47 Å². The summed E-state index contributed by atoms with van der Waals surface area (Å²) in [5.41, 5.74) is 2.30. The van der Waals surface area contributed by atoms with Crippen molar-refractivity contribution in [3.63, 3.8) is 0 Å². The van der Waals surface area contributed by atoms with Crippen LogP contribution in [0.3, 0.4) is 0 Å². The van der Waals surface area contributed by atoms with Gasteiger partial charge in [-0.3, -0.25) is 4.79 Å². The second kappa shape index (κ2) is 9.32. The molecule has 0 fully saturated rings. The van der Waals surface area contributed by atoms with Gasteiger partial charge in [-0.1, -0.05) is 30.3 Å². The highest BCUT2D eigenvalue weighted by Crippen LogP contribution is 2.17. The van der Waals surface area contributed by atoms with Gasteiger partial charge < -0.3 is 14.8 Å². The molecule has 3 aromatic rings. The van der Waals surface area contributed by atoms with Crippen LogP contribution in [0.15, 0.2) is 72.9 Å². The first kappa shape index (κ1) is 19.1. The number of anilines is 1. The summed E-state index contributed by atoms with van der Waals surface area (Å²) in [4.78, 5) is 28.6. The molecule has 1 heterocycles. The van der Waals surface area contributed by atoms with E-state index in [0.29, 0.717) is 12.2 Å². The molecule has 1 N–H and O–H groups in total. The molecule has 0 saturated heterocycles. The second-order valence-corrected chi connectivity index (χ2v) is 5.88. The van der Waals surface area contributed by atoms with Gasteiger partial charge in [0.1, 0.15) is 12.2 Å². The number of rotatable bonds is 7. The molecule has 0 bridgehead atoms. The topological polar surface area (TPSA) is 77.5 Å². The highest BCUT2D eigenvalue weighted by Gasteiger charge is 2.15. The first-order valence-corrected chi connectivity index (χ1v) is 8.87. The Morgan fingerprint density at radius 3 is 2.43 bits per heavy atom. The van der Waals surface area contributed by atoms with E-state index >= 15 is 0 Å². The minimum Gasteiger partial charge on any atom is -0.477 e. The highest BCUT2D eigenvalue weighted by atomic mass is 16.5. The maximum absolute atomic E-state index is 12.3. The third kappa shape index (κ3) is 4.94. The Labute approximate surface area is 163 Å². The summed E-state index contributed by atoms with van der Waals surface area (Å²) >= 11 is 0. The van der Waals surface area contributed by atoms with Crippen LogP contribution in [0, 0.1) is 0 Å². The molecular weight excluding hydrogens is 356 g/mol. The quantitative estimate of drug-likeness (QED) is 0.629. The molecule has 0 aliphatic heterocycles.